The molecule has 5 rings (SSSR count). The summed E-state index contributed by atoms with van der Waals surface area (Å²) in [5.41, 5.74) is -1.59. The molecule has 17 heteroatoms. The van der Waals surface area contributed by atoms with Crippen LogP contribution in [-0.4, -0.2) is 93.9 Å². The van der Waals surface area contributed by atoms with Gasteiger partial charge in [0.2, 0.25) is 20.0 Å². The number of aromatic amines is 1. The molecule has 0 unspecified atom stereocenters. The van der Waals surface area contributed by atoms with E-state index in [0.29, 0.717) is 31.6 Å². The highest BCUT2D eigenvalue weighted by molar-refractivity contribution is 7.89. The third-order valence-electron chi connectivity index (χ3n) is 7.76. The Kier molecular flexibility index (Phi) is 8.78. The first-order chi connectivity index (χ1) is 20.2. The fraction of sp³-hybridized carbons (Fsp3) is 0.500. The van der Waals surface area contributed by atoms with Gasteiger partial charge in [0.1, 0.15) is 29.0 Å². The second kappa shape index (κ2) is 11.9. The third kappa shape index (κ3) is 6.82. The largest absolute Gasteiger partial charge is 0.491 e. The minimum Gasteiger partial charge on any atom is -0.491 e. The first-order valence-corrected chi connectivity index (χ1v) is 16.4. The molecule has 43 heavy (non-hydrogen) atoms. The molecule has 0 saturated carbocycles. The maximum absolute atomic E-state index is 13.3. The van der Waals surface area contributed by atoms with E-state index in [0.717, 1.165) is 18.5 Å². The second-order valence-corrected chi connectivity index (χ2v) is 14.4. The van der Waals surface area contributed by atoms with Crippen LogP contribution >= 0.6 is 0 Å². The van der Waals surface area contributed by atoms with Gasteiger partial charge < -0.3 is 24.9 Å². The molecule has 236 valence electrons. The van der Waals surface area contributed by atoms with Gasteiger partial charge in [-0.3, -0.25) is 0 Å². The van der Waals surface area contributed by atoms with Crippen molar-refractivity contribution < 1.29 is 44.6 Å². The number of halogens is 3. The van der Waals surface area contributed by atoms with E-state index in [-0.39, 0.29) is 53.1 Å². The van der Waals surface area contributed by atoms with Crippen LogP contribution in [0.1, 0.15) is 24.8 Å². The fourth-order valence-corrected chi connectivity index (χ4v) is 7.55. The Balaban J connectivity index is 1.12. The van der Waals surface area contributed by atoms with Crippen molar-refractivity contribution in [1.29, 1.82) is 0 Å². The number of ether oxygens (including phenoxy) is 2. The monoisotopic (exact) mass is 647 g/mol. The van der Waals surface area contributed by atoms with Crippen molar-refractivity contribution in [3.8, 4) is 5.75 Å². The van der Waals surface area contributed by atoms with E-state index in [1.807, 2.05) is 0 Å². The zero-order valence-corrected chi connectivity index (χ0v) is 24.7. The molecule has 1 aromatic carbocycles. The van der Waals surface area contributed by atoms with Gasteiger partial charge in [0, 0.05) is 49.5 Å². The van der Waals surface area contributed by atoms with Crippen LogP contribution < -0.4 is 14.8 Å². The minimum absolute atomic E-state index is 0.0429. The van der Waals surface area contributed by atoms with Gasteiger partial charge in [-0.05, 0) is 44.5 Å². The number of sulfonamides is 2. The molecule has 0 amide bonds. The molecule has 2 aliphatic rings. The predicted molar refractivity (Wildman–Crippen MR) is 148 cm³/mol. The number of hydrogen-bond acceptors (Lipinski definition) is 9. The SMILES string of the molecule is CNS(=O)(=O)c1cccc(OC[C@@H](O)CN[C@H]2COC3(CCN(S(=O)(=O)c4cnc5[nH]cc(C(F)(F)F)c5c4)CC3)C2)c1. The van der Waals surface area contributed by atoms with Crippen molar-refractivity contribution in [2.75, 3.05) is 39.9 Å². The number of aromatic nitrogens is 2. The highest BCUT2D eigenvalue weighted by Gasteiger charge is 2.45. The molecule has 2 saturated heterocycles. The number of fused-ring (bicyclic) bond motifs is 1. The molecule has 3 aromatic rings. The molecule has 0 bridgehead atoms. The Labute approximate surface area is 246 Å². The van der Waals surface area contributed by atoms with E-state index in [1.54, 1.807) is 6.07 Å². The van der Waals surface area contributed by atoms with Gasteiger partial charge in [-0.1, -0.05) is 6.07 Å². The van der Waals surface area contributed by atoms with Crippen molar-refractivity contribution in [2.45, 2.75) is 53.0 Å². The molecule has 2 aromatic heterocycles. The summed E-state index contributed by atoms with van der Waals surface area (Å²) in [6.45, 7) is 0.734. The number of pyridine rings is 1. The van der Waals surface area contributed by atoms with Crippen molar-refractivity contribution in [3.63, 3.8) is 0 Å². The predicted octanol–water partition coefficient (Wildman–Crippen LogP) is 1.83. The summed E-state index contributed by atoms with van der Waals surface area (Å²) in [5.74, 6) is 0.296. The fourth-order valence-electron chi connectivity index (χ4n) is 5.37. The Hall–Kier alpha value is -2.80. The van der Waals surface area contributed by atoms with Crippen LogP contribution in [0.4, 0.5) is 13.2 Å². The Morgan fingerprint density at radius 3 is 2.65 bits per heavy atom. The van der Waals surface area contributed by atoms with Crippen LogP contribution in [-0.2, 0) is 31.0 Å². The summed E-state index contributed by atoms with van der Waals surface area (Å²) in [6, 6.07) is 6.83. The Morgan fingerprint density at radius 2 is 1.95 bits per heavy atom. The standard InChI is InChI=1S/C26H32F3N5O7S2/c1-30-42(36,37)20-4-2-3-19(9-20)40-16-18(35)12-31-17-11-25(41-15-17)5-7-34(8-6-25)43(38,39)21-10-22-23(26(27,28)29)14-33-24(22)32-13-21/h2-4,9-10,13-14,17-18,30-31,35H,5-8,11-12,15-16H2,1H3,(H,32,33)/t17-,18+/m1/s1. The number of nitrogens with zero attached hydrogens (tertiary/aromatic N) is 2. The van der Waals surface area contributed by atoms with Crippen molar-refractivity contribution in [2.24, 2.45) is 0 Å². The number of nitrogens with one attached hydrogen (secondary N) is 3. The molecule has 0 radical (unpaired) electrons. The van der Waals surface area contributed by atoms with Crippen molar-refractivity contribution in [1.82, 2.24) is 24.3 Å². The van der Waals surface area contributed by atoms with Crippen molar-refractivity contribution >= 4 is 31.1 Å². The van der Waals surface area contributed by atoms with E-state index in [2.05, 4.69) is 20.0 Å². The zero-order chi connectivity index (χ0) is 31.0. The molecule has 4 heterocycles. The number of alkyl halides is 3. The van der Waals surface area contributed by atoms with Crippen LogP contribution in [0.3, 0.4) is 0 Å². The van der Waals surface area contributed by atoms with Crippen LogP contribution in [0.25, 0.3) is 11.0 Å². The van der Waals surface area contributed by atoms with Crippen molar-refractivity contribution in [3.05, 3.63) is 48.3 Å². The summed E-state index contributed by atoms with van der Waals surface area (Å²) >= 11 is 0. The number of piperidine rings is 1. The number of hydrogen-bond donors (Lipinski definition) is 4. The maximum atomic E-state index is 13.3. The lowest BCUT2D eigenvalue weighted by molar-refractivity contribution is -0.136. The number of benzene rings is 1. The van der Waals surface area contributed by atoms with E-state index in [4.69, 9.17) is 9.47 Å². The number of H-pyrrole nitrogens is 1. The molecule has 2 atom stereocenters. The number of aliphatic hydroxyl groups is 1. The van der Waals surface area contributed by atoms with E-state index < -0.39 is 43.5 Å². The molecule has 2 fully saturated rings. The van der Waals surface area contributed by atoms with E-state index in [9.17, 15) is 35.1 Å². The lowest BCUT2D eigenvalue weighted by Gasteiger charge is -2.38. The zero-order valence-electron chi connectivity index (χ0n) is 23.1. The molecule has 0 aliphatic carbocycles. The summed E-state index contributed by atoms with van der Waals surface area (Å²) in [6.07, 6.45) is -2.34. The summed E-state index contributed by atoms with van der Waals surface area (Å²) in [5, 5.41) is 13.3. The summed E-state index contributed by atoms with van der Waals surface area (Å²) < 4.78 is 106. The normalized spacial score (nSPS) is 20.5. The highest BCUT2D eigenvalue weighted by atomic mass is 32.2. The van der Waals surface area contributed by atoms with Gasteiger partial charge in [-0.2, -0.15) is 17.5 Å². The van der Waals surface area contributed by atoms with Gasteiger partial charge >= 0.3 is 6.18 Å². The first kappa shape index (κ1) is 31.6. The maximum Gasteiger partial charge on any atom is 0.418 e. The molecular weight excluding hydrogens is 615 g/mol. The third-order valence-corrected chi connectivity index (χ3v) is 11.0. The molecule has 12 nitrogen and oxygen atoms in total. The molecular formula is C26H32F3N5O7S2. The lowest BCUT2D eigenvalue weighted by atomic mass is 9.88. The van der Waals surface area contributed by atoms with Crippen LogP contribution in [0.15, 0.2) is 52.5 Å². The quantitative estimate of drug-likeness (QED) is 0.257. The van der Waals surface area contributed by atoms with Crippen LogP contribution in [0.5, 0.6) is 5.75 Å². The molecule has 1 spiro atoms. The Morgan fingerprint density at radius 1 is 1.21 bits per heavy atom. The summed E-state index contributed by atoms with van der Waals surface area (Å²) in [7, 11) is -6.40. The van der Waals surface area contributed by atoms with Gasteiger partial charge in [0.05, 0.1) is 22.7 Å². The molecule has 4 N–H and O–H groups in total. The minimum atomic E-state index is -4.66. The smallest absolute Gasteiger partial charge is 0.418 e. The van der Waals surface area contributed by atoms with E-state index >= 15 is 0 Å². The summed E-state index contributed by atoms with van der Waals surface area (Å²) in [4.78, 5) is 6.05. The van der Waals surface area contributed by atoms with Crippen LogP contribution in [0.2, 0.25) is 0 Å². The average Bonchev–Trinajstić information content (AvgIpc) is 3.59. The lowest BCUT2D eigenvalue weighted by Crippen LogP contribution is -2.47. The average molecular weight is 648 g/mol. The first-order valence-electron chi connectivity index (χ1n) is 13.5. The van der Waals surface area contributed by atoms with Crippen LogP contribution in [0, 0.1) is 0 Å². The van der Waals surface area contributed by atoms with Gasteiger partial charge in [-0.25, -0.2) is 26.5 Å². The Bertz CT molecular complexity index is 1670. The van der Waals surface area contributed by atoms with Gasteiger partial charge in [0.15, 0.2) is 0 Å². The van der Waals surface area contributed by atoms with Gasteiger partial charge in [-0.15, -0.1) is 0 Å². The topological polar surface area (TPSA) is 163 Å². The second-order valence-electron chi connectivity index (χ2n) is 10.6. The molecule has 2 aliphatic heterocycles. The van der Waals surface area contributed by atoms with E-state index in [1.165, 1.54) is 29.6 Å². The highest BCUT2D eigenvalue weighted by Crippen LogP contribution is 2.38. The number of rotatable bonds is 10. The number of aliphatic hydroxyl groups excluding tert-OH is 1. The van der Waals surface area contributed by atoms with Gasteiger partial charge in [0.25, 0.3) is 0 Å².